The first kappa shape index (κ1) is 10.2. The zero-order valence-corrected chi connectivity index (χ0v) is 7.99. The molecule has 0 fully saturated rings. The van der Waals surface area contributed by atoms with Crippen molar-refractivity contribution in [1.29, 1.82) is 0 Å². The van der Waals surface area contributed by atoms with E-state index in [0.29, 0.717) is 0 Å². The van der Waals surface area contributed by atoms with Crippen LogP contribution < -0.4 is 4.74 Å². The van der Waals surface area contributed by atoms with Gasteiger partial charge in [-0.05, 0) is 23.3 Å². The van der Waals surface area contributed by atoms with Crippen molar-refractivity contribution in [2.45, 2.75) is 0 Å². The summed E-state index contributed by atoms with van der Waals surface area (Å²) in [5, 5.41) is 0. The van der Waals surface area contributed by atoms with E-state index in [1.54, 1.807) is 7.11 Å². The van der Waals surface area contributed by atoms with Gasteiger partial charge in [-0.2, -0.15) is 0 Å². The molecule has 0 saturated carbocycles. The lowest BCUT2D eigenvalue weighted by Gasteiger charge is -2.04. The van der Waals surface area contributed by atoms with Crippen molar-refractivity contribution in [2.24, 2.45) is 4.99 Å². The fraction of sp³-hybridized carbons (Fsp3) is 0.182. The molecule has 0 bridgehead atoms. The highest BCUT2D eigenvalue weighted by atomic mass is 16.5. The van der Waals surface area contributed by atoms with Crippen LogP contribution in [0.25, 0.3) is 5.57 Å². The third kappa shape index (κ3) is 2.57. The summed E-state index contributed by atoms with van der Waals surface area (Å²) in [4.78, 5) is 13.4. The molecule has 3 nitrogen and oxygen atoms in total. The van der Waals surface area contributed by atoms with Crippen molar-refractivity contribution < 1.29 is 9.53 Å². The largest absolute Gasteiger partial charge is 0.497 e. The Hall–Kier alpha value is -1.86. The molecule has 0 atom stereocenters. The minimum atomic E-state index is 0.274. The highest BCUT2D eigenvalue weighted by Gasteiger charge is 1.99. The van der Waals surface area contributed by atoms with Gasteiger partial charge in [-0.3, -0.25) is 0 Å². The molecule has 0 amide bonds. The van der Waals surface area contributed by atoms with E-state index >= 15 is 0 Å². The number of hydrogen-bond donors (Lipinski definition) is 0. The Morgan fingerprint density at radius 1 is 1.64 bits per heavy atom. The molecule has 1 aromatic rings. The third-order valence-corrected chi connectivity index (χ3v) is 1.81. The second-order valence-electron chi connectivity index (χ2n) is 2.74. The molecular weight excluding hydrogens is 178 g/mol. The van der Waals surface area contributed by atoms with Crippen molar-refractivity contribution in [1.82, 2.24) is 0 Å². The Morgan fingerprint density at radius 3 is 3.07 bits per heavy atom. The van der Waals surface area contributed by atoms with Gasteiger partial charge >= 0.3 is 0 Å². The first-order chi connectivity index (χ1) is 6.77. The number of aliphatic imine (C=N–C) groups is 1. The lowest BCUT2D eigenvalue weighted by molar-refractivity contribution is 0.414. The van der Waals surface area contributed by atoms with E-state index in [-0.39, 0.29) is 6.54 Å². The molecule has 0 radical (unpaired) electrons. The van der Waals surface area contributed by atoms with Gasteiger partial charge in [-0.25, -0.2) is 9.79 Å². The number of hydrogen-bond acceptors (Lipinski definition) is 3. The monoisotopic (exact) mass is 189 g/mol. The van der Waals surface area contributed by atoms with E-state index in [9.17, 15) is 4.79 Å². The summed E-state index contributed by atoms with van der Waals surface area (Å²) in [5.41, 5.74) is 1.69. The van der Waals surface area contributed by atoms with Crippen LogP contribution >= 0.6 is 0 Å². The second kappa shape index (κ2) is 5.00. The Kier molecular flexibility index (Phi) is 3.65. The summed E-state index contributed by atoms with van der Waals surface area (Å²) in [5.74, 6) is 0.763. The van der Waals surface area contributed by atoms with Crippen LogP contribution in [0.3, 0.4) is 0 Å². The number of rotatable bonds is 4. The maximum atomic E-state index is 9.91. The number of methoxy groups -OCH3 is 1. The summed E-state index contributed by atoms with van der Waals surface area (Å²) in [6, 6.07) is 7.46. The summed E-state index contributed by atoms with van der Waals surface area (Å²) in [6.07, 6.45) is 1.48. The fourth-order valence-electron chi connectivity index (χ4n) is 1.06. The van der Waals surface area contributed by atoms with Gasteiger partial charge in [0.15, 0.2) is 0 Å². The van der Waals surface area contributed by atoms with Crippen LogP contribution in [-0.4, -0.2) is 19.7 Å². The number of benzene rings is 1. The van der Waals surface area contributed by atoms with Gasteiger partial charge in [0.2, 0.25) is 6.08 Å². The van der Waals surface area contributed by atoms with E-state index in [2.05, 4.69) is 11.6 Å². The van der Waals surface area contributed by atoms with Gasteiger partial charge in [-0.1, -0.05) is 18.7 Å². The summed E-state index contributed by atoms with van der Waals surface area (Å²) >= 11 is 0. The molecule has 0 aliphatic carbocycles. The van der Waals surface area contributed by atoms with Crippen molar-refractivity contribution in [3.05, 3.63) is 36.4 Å². The van der Waals surface area contributed by atoms with E-state index in [1.165, 1.54) is 6.08 Å². The van der Waals surface area contributed by atoms with Crippen molar-refractivity contribution in [3.63, 3.8) is 0 Å². The number of ether oxygens (including phenoxy) is 1. The average Bonchev–Trinajstić information content (AvgIpc) is 2.26. The SMILES string of the molecule is C=C(CN=C=O)c1cccc(OC)c1. The van der Waals surface area contributed by atoms with Crippen LogP contribution in [0.2, 0.25) is 0 Å². The summed E-state index contributed by atoms with van der Waals surface area (Å²) < 4.78 is 5.06. The highest BCUT2D eigenvalue weighted by molar-refractivity contribution is 5.66. The number of nitrogens with zero attached hydrogens (tertiary/aromatic N) is 1. The Labute approximate surface area is 82.7 Å². The molecule has 0 aliphatic rings. The maximum absolute atomic E-state index is 9.91. The van der Waals surface area contributed by atoms with Crippen LogP contribution in [0.1, 0.15) is 5.56 Å². The molecular formula is C11H11NO2. The molecule has 0 N–H and O–H groups in total. The molecule has 72 valence electrons. The van der Waals surface area contributed by atoms with Gasteiger partial charge in [0.25, 0.3) is 0 Å². The molecule has 1 rings (SSSR count). The normalized spacial score (nSPS) is 8.93. The van der Waals surface area contributed by atoms with Crippen LogP contribution in [-0.2, 0) is 4.79 Å². The van der Waals surface area contributed by atoms with Gasteiger partial charge in [0.05, 0.1) is 13.7 Å². The molecule has 3 heteroatoms. The van der Waals surface area contributed by atoms with E-state index < -0.39 is 0 Å². The Bertz CT molecular complexity index is 379. The molecule has 0 unspecified atom stereocenters. The van der Waals surface area contributed by atoms with Gasteiger partial charge in [0, 0.05) is 0 Å². The molecule has 0 aliphatic heterocycles. The average molecular weight is 189 g/mol. The molecule has 0 spiro atoms. The molecule has 0 aromatic heterocycles. The molecule has 0 saturated heterocycles. The standard InChI is InChI=1S/C11H11NO2/c1-9(7-12-8-13)10-4-3-5-11(6-10)14-2/h3-6H,1,7H2,2H3. The fourth-order valence-corrected chi connectivity index (χ4v) is 1.06. The minimum Gasteiger partial charge on any atom is -0.497 e. The Balaban J connectivity index is 2.84. The summed E-state index contributed by atoms with van der Waals surface area (Å²) in [7, 11) is 1.60. The number of carbonyl (C=O) groups excluding carboxylic acids is 1. The lowest BCUT2D eigenvalue weighted by Crippen LogP contribution is -1.89. The van der Waals surface area contributed by atoms with Crippen LogP contribution in [0.4, 0.5) is 0 Å². The summed E-state index contributed by atoms with van der Waals surface area (Å²) in [6.45, 7) is 4.08. The van der Waals surface area contributed by atoms with Crippen LogP contribution in [0.15, 0.2) is 35.8 Å². The van der Waals surface area contributed by atoms with E-state index in [0.717, 1.165) is 16.9 Å². The first-order valence-electron chi connectivity index (χ1n) is 4.13. The first-order valence-corrected chi connectivity index (χ1v) is 4.13. The minimum absolute atomic E-state index is 0.274. The smallest absolute Gasteiger partial charge is 0.235 e. The van der Waals surface area contributed by atoms with Gasteiger partial charge in [0.1, 0.15) is 5.75 Å². The number of isocyanates is 1. The molecule has 14 heavy (non-hydrogen) atoms. The van der Waals surface area contributed by atoms with E-state index in [4.69, 9.17) is 4.74 Å². The Morgan fingerprint density at radius 2 is 2.43 bits per heavy atom. The zero-order valence-electron chi connectivity index (χ0n) is 7.99. The van der Waals surface area contributed by atoms with Crippen molar-refractivity contribution in [3.8, 4) is 5.75 Å². The third-order valence-electron chi connectivity index (χ3n) is 1.81. The second-order valence-corrected chi connectivity index (χ2v) is 2.74. The van der Waals surface area contributed by atoms with Crippen LogP contribution in [0.5, 0.6) is 5.75 Å². The molecule has 1 aromatic carbocycles. The van der Waals surface area contributed by atoms with E-state index in [1.807, 2.05) is 24.3 Å². The maximum Gasteiger partial charge on any atom is 0.235 e. The van der Waals surface area contributed by atoms with Gasteiger partial charge < -0.3 is 4.74 Å². The predicted molar refractivity (Wildman–Crippen MR) is 55.0 cm³/mol. The van der Waals surface area contributed by atoms with Crippen molar-refractivity contribution in [2.75, 3.05) is 13.7 Å². The zero-order chi connectivity index (χ0) is 10.4. The van der Waals surface area contributed by atoms with Gasteiger partial charge in [-0.15, -0.1) is 0 Å². The molecule has 0 heterocycles. The van der Waals surface area contributed by atoms with Crippen molar-refractivity contribution >= 4 is 11.7 Å². The topological polar surface area (TPSA) is 38.7 Å². The van der Waals surface area contributed by atoms with Crippen LogP contribution in [0, 0.1) is 0 Å². The lowest BCUT2D eigenvalue weighted by atomic mass is 10.1. The highest BCUT2D eigenvalue weighted by Crippen LogP contribution is 2.18. The predicted octanol–water partition coefficient (Wildman–Crippen LogP) is 2.04. The quantitative estimate of drug-likeness (QED) is 0.537.